The van der Waals surface area contributed by atoms with Crippen LogP contribution in [0.4, 0.5) is 5.13 Å². The molecule has 2 atom stereocenters. The molecule has 0 radical (unpaired) electrons. The highest BCUT2D eigenvalue weighted by Gasteiger charge is 2.37. The molecule has 0 aromatic carbocycles. The maximum Gasteiger partial charge on any atom is 0.248 e. The first-order valence-corrected chi connectivity index (χ1v) is 9.80. The van der Waals surface area contributed by atoms with E-state index in [0.29, 0.717) is 24.5 Å². The molecule has 1 saturated heterocycles. The molecular formula is C17H26N4O4S. The van der Waals surface area contributed by atoms with Crippen molar-refractivity contribution in [2.45, 2.75) is 58.4 Å². The molecule has 8 nitrogen and oxygen atoms in total. The van der Waals surface area contributed by atoms with Crippen molar-refractivity contribution in [3.63, 3.8) is 0 Å². The Morgan fingerprint density at radius 1 is 1.46 bits per heavy atom. The maximum atomic E-state index is 12.9. The number of unbranched alkanes of at least 4 members (excludes halogenated alkanes) is 1. The fraction of sp³-hybridized carbons (Fsp3) is 0.647. The number of likely N-dealkylation sites (tertiary alicyclic amines) is 1. The van der Waals surface area contributed by atoms with Crippen LogP contribution in [0.15, 0.2) is 5.38 Å². The molecule has 1 aromatic rings. The third kappa shape index (κ3) is 5.25. The van der Waals surface area contributed by atoms with Crippen LogP contribution in [0.1, 0.15) is 51.1 Å². The van der Waals surface area contributed by atoms with Gasteiger partial charge in [0.1, 0.15) is 6.04 Å². The quantitative estimate of drug-likeness (QED) is 0.471. The monoisotopic (exact) mass is 382 g/mol. The Bertz CT molecular complexity index is 648. The number of hydroxylamine groups is 1. The highest BCUT2D eigenvalue weighted by atomic mass is 32.1. The number of aryl methyl sites for hydroxylation is 1. The number of hydrogen-bond acceptors (Lipinski definition) is 6. The molecule has 1 aliphatic rings. The molecule has 0 aliphatic carbocycles. The Morgan fingerprint density at radius 2 is 2.23 bits per heavy atom. The van der Waals surface area contributed by atoms with E-state index in [1.54, 1.807) is 10.4 Å². The smallest absolute Gasteiger partial charge is 0.248 e. The van der Waals surface area contributed by atoms with E-state index in [1.165, 1.54) is 11.3 Å². The minimum Gasteiger partial charge on any atom is -0.330 e. The number of nitrogens with one attached hydrogen (secondary N) is 2. The third-order valence-corrected chi connectivity index (χ3v) is 5.38. The van der Waals surface area contributed by atoms with Gasteiger partial charge in [0.25, 0.3) is 0 Å². The largest absolute Gasteiger partial charge is 0.330 e. The van der Waals surface area contributed by atoms with E-state index in [2.05, 4.69) is 10.3 Å². The van der Waals surface area contributed by atoms with Crippen LogP contribution in [0.2, 0.25) is 0 Å². The SMILES string of the molecule is CCCC[C@H](CC(=O)NO)C(=O)N1CCC[C@H]1C(=O)Nc1nc(C)cs1. The summed E-state index contributed by atoms with van der Waals surface area (Å²) >= 11 is 1.35. The lowest BCUT2D eigenvalue weighted by atomic mass is 9.96. The molecule has 144 valence electrons. The number of carbonyl (C=O) groups excluding carboxylic acids is 3. The van der Waals surface area contributed by atoms with Crippen LogP contribution >= 0.6 is 11.3 Å². The van der Waals surface area contributed by atoms with Crippen LogP contribution in [0.5, 0.6) is 0 Å². The summed E-state index contributed by atoms with van der Waals surface area (Å²) in [7, 11) is 0. The average molecular weight is 382 g/mol. The van der Waals surface area contributed by atoms with Crippen LogP contribution in [-0.2, 0) is 14.4 Å². The van der Waals surface area contributed by atoms with E-state index >= 15 is 0 Å². The van der Waals surface area contributed by atoms with Gasteiger partial charge >= 0.3 is 0 Å². The molecular weight excluding hydrogens is 356 g/mol. The van der Waals surface area contributed by atoms with E-state index in [0.717, 1.165) is 25.0 Å². The second-order valence-corrected chi connectivity index (χ2v) is 7.41. The summed E-state index contributed by atoms with van der Waals surface area (Å²) in [6.07, 6.45) is 3.52. The predicted molar refractivity (Wildman–Crippen MR) is 97.8 cm³/mol. The number of thiazole rings is 1. The summed E-state index contributed by atoms with van der Waals surface area (Å²) in [5, 5.41) is 13.9. The molecule has 1 aromatic heterocycles. The van der Waals surface area contributed by atoms with Crippen molar-refractivity contribution >= 4 is 34.2 Å². The molecule has 2 heterocycles. The molecule has 0 bridgehead atoms. The number of amides is 3. The van der Waals surface area contributed by atoms with Gasteiger partial charge in [-0.1, -0.05) is 19.8 Å². The standard InChI is InChI=1S/C17H26N4O4S/c1-3-4-6-12(9-14(22)20-25)16(24)21-8-5-7-13(21)15(23)19-17-18-11(2)10-26-17/h10,12-13,25H,3-9H2,1-2H3,(H,20,22)(H,18,19,23)/t12-,13+/m1/s1. The molecule has 26 heavy (non-hydrogen) atoms. The Morgan fingerprint density at radius 3 is 2.85 bits per heavy atom. The molecule has 1 aliphatic heterocycles. The highest BCUT2D eigenvalue weighted by Crippen LogP contribution is 2.25. The van der Waals surface area contributed by atoms with E-state index in [-0.39, 0.29) is 18.2 Å². The van der Waals surface area contributed by atoms with Crippen LogP contribution in [0.3, 0.4) is 0 Å². The highest BCUT2D eigenvalue weighted by molar-refractivity contribution is 7.13. The second-order valence-electron chi connectivity index (χ2n) is 6.55. The number of hydrogen-bond donors (Lipinski definition) is 3. The van der Waals surface area contributed by atoms with Crippen molar-refractivity contribution in [2.75, 3.05) is 11.9 Å². The van der Waals surface area contributed by atoms with Crippen molar-refractivity contribution < 1.29 is 19.6 Å². The van der Waals surface area contributed by atoms with Crippen LogP contribution in [0, 0.1) is 12.8 Å². The zero-order valence-corrected chi connectivity index (χ0v) is 16.0. The van der Waals surface area contributed by atoms with E-state index in [4.69, 9.17) is 5.21 Å². The van der Waals surface area contributed by atoms with Crippen LogP contribution < -0.4 is 10.8 Å². The van der Waals surface area contributed by atoms with Gasteiger partial charge in [0, 0.05) is 24.3 Å². The van der Waals surface area contributed by atoms with Gasteiger partial charge in [-0.3, -0.25) is 19.6 Å². The van der Waals surface area contributed by atoms with Gasteiger partial charge in [-0.05, 0) is 26.2 Å². The molecule has 0 unspecified atom stereocenters. The summed E-state index contributed by atoms with van der Waals surface area (Å²) in [6.45, 7) is 4.36. The number of anilines is 1. The van der Waals surface area contributed by atoms with Gasteiger partial charge in [0.05, 0.1) is 5.69 Å². The number of rotatable bonds is 8. The molecule has 9 heteroatoms. The van der Waals surface area contributed by atoms with Crippen LogP contribution in [0.25, 0.3) is 0 Å². The molecule has 2 rings (SSSR count). The summed E-state index contributed by atoms with van der Waals surface area (Å²) in [5.41, 5.74) is 2.42. The minimum atomic E-state index is -0.585. The Kier molecular flexibility index (Phi) is 7.52. The molecule has 0 spiro atoms. The number of nitrogens with zero attached hydrogens (tertiary/aromatic N) is 2. The fourth-order valence-electron chi connectivity index (χ4n) is 3.17. The van der Waals surface area contributed by atoms with E-state index < -0.39 is 17.9 Å². The molecule has 1 fully saturated rings. The van der Waals surface area contributed by atoms with Crippen molar-refractivity contribution in [3.8, 4) is 0 Å². The Balaban J connectivity index is 2.06. The number of aromatic nitrogens is 1. The summed E-state index contributed by atoms with van der Waals surface area (Å²) in [6, 6.07) is -0.548. The van der Waals surface area contributed by atoms with E-state index in [9.17, 15) is 14.4 Å². The summed E-state index contributed by atoms with van der Waals surface area (Å²) < 4.78 is 0. The Labute approximate surface area is 156 Å². The van der Waals surface area contributed by atoms with Gasteiger partial charge in [-0.2, -0.15) is 0 Å². The van der Waals surface area contributed by atoms with Crippen molar-refractivity contribution in [3.05, 3.63) is 11.1 Å². The van der Waals surface area contributed by atoms with E-state index in [1.807, 2.05) is 19.2 Å². The first-order valence-electron chi connectivity index (χ1n) is 8.92. The molecule has 3 N–H and O–H groups in total. The second kappa shape index (κ2) is 9.63. The molecule has 3 amide bonds. The lowest BCUT2D eigenvalue weighted by Gasteiger charge is -2.27. The first-order chi connectivity index (χ1) is 12.5. The lowest BCUT2D eigenvalue weighted by molar-refractivity contribution is -0.143. The normalized spacial score (nSPS) is 17.8. The van der Waals surface area contributed by atoms with Crippen molar-refractivity contribution in [1.82, 2.24) is 15.4 Å². The third-order valence-electron chi connectivity index (χ3n) is 4.50. The average Bonchev–Trinajstić information content (AvgIpc) is 3.26. The zero-order chi connectivity index (χ0) is 19.1. The predicted octanol–water partition coefficient (Wildman–Crippen LogP) is 2.08. The topological polar surface area (TPSA) is 112 Å². The zero-order valence-electron chi connectivity index (χ0n) is 15.2. The maximum absolute atomic E-state index is 12.9. The van der Waals surface area contributed by atoms with Gasteiger partial charge < -0.3 is 10.2 Å². The van der Waals surface area contributed by atoms with Gasteiger partial charge in [-0.25, -0.2) is 10.5 Å². The fourth-order valence-corrected chi connectivity index (χ4v) is 3.86. The number of carbonyl (C=O) groups is 3. The summed E-state index contributed by atoms with van der Waals surface area (Å²) in [5.74, 6) is -1.56. The first kappa shape index (κ1) is 20.3. The summed E-state index contributed by atoms with van der Waals surface area (Å²) in [4.78, 5) is 42.9. The van der Waals surface area contributed by atoms with Crippen LogP contribution in [-0.4, -0.2) is 45.4 Å². The van der Waals surface area contributed by atoms with Crippen molar-refractivity contribution in [1.29, 1.82) is 0 Å². The van der Waals surface area contributed by atoms with Crippen molar-refractivity contribution in [2.24, 2.45) is 5.92 Å². The molecule has 0 saturated carbocycles. The lowest BCUT2D eigenvalue weighted by Crippen LogP contribution is -2.46. The minimum absolute atomic E-state index is 0.0775. The van der Waals surface area contributed by atoms with Gasteiger partial charge in [-0.15, -0.1) is 11.3 Å². The Hall–Kier alpha value is -2.00. The van der Waals surface area contributed by atoms with Gasteiger partial charge in [0.15, 0.2) is 5.13 Å². The van der Waals surface area contributed by atoms with Gasteiger partial charge in [0.2, 0.25) is 17.7 Å².